The molecule has 0 radical (unpaired) electrons. The minimum absolute atomic E-state index is 0.0739. The van der Waals surface area contributed by atoms with E-state index in [-0.39, 0.29) is 37.9 Å². The van der Waals surface area contributed by atoms with Crippen LogP contribution in [-0.4, -0.2) is 122 Å². The lowest BCUT2D eigenvalue weighted by molar-refractivity contribution is -0.144. The van der Waals surface area contributed by atoms with Crippen molar-refractivity contribution in [3.63, 3.8) is 0 Å². The van der Waals surface area contributed by atoms with Gasteiger partial charge in [0.05, 0.1) is 85.7 Å². The van der Waals surface area contributed by atoms with Gasteiger partial charge < -0.3 is 42.8 Å². The van der Waals surface area contributed by atoms with E-state index in [9.17, 15) is 14.3 Å². The van der Waals surface area contributed by atoms with Gasteiger partial charge >= 0.3 is 5.97 Å². The van der Waals surface area contributed by atoms with Gasteiger partial charge in [0, 0.05) is 32.1 Å². The van der Waals surface area contributed by atoms with Crippen molar-refractivity contribution in [3.8, 4) is 0 Å². The zero-order valence-corrected chi connectivity index (χ0v) is 21.8. The first kappa shape index (κ1) is 33.4. The van der Waals surface area contributed by atoms with Crippen LogP contribution < -0.4 is 0 Å². The summed E-state index contributed by atoms with van der Waals surface area (Å²) in [7, 11) is -3.28. The molecule has 0 aliphatic rings. The maximum atomic E-state index is 12.1. The molecule has 0 amide bonds. The second-order valence-electron chi connectivity index (χ2n) is 7.07. The fourth-order valence-electron chi connectivity index (χ4n) is 2.41. The fraction of sp³-hybridized carbons (Fsp3) is 0.955. The van der Waals surface area contributed by atoms with Crippen LogP contribution >= 0.6 is 7.37 Å². The summed E-state index contributed by atoms with van der Waals surface area (Å²) in [6.45, 7) is 10.1. The Bertz CT molecular complexity index is 493. The number of hydrogen-bond donors (Lipinski definition) is 1. The monoisotopic (exact) mass is 516 g/mol. The third-order valence-corrected chi connectivity index (χ3v) is 5.96. The Hall–Kier alpha value is -0.620. The lowest BCUT2D eigenvalue weighted by Gasteiger charge is -2.12. The van der Waals surface area contributed by atoms with Crippen molar-refractivity contribution in [1.29, 1.82) is 0 Å². The second kappa shape index (κ2) is 25.5. The number of hydrogen-bond acceptors (Lipinski definition) is 10. The molecule has 1 N–H and O–H groups in total. The molecule has 204 valence electrons. The van der Waals surface area contributed by atoms with Gasteiger partial charge in [0.15, 0.2) is 0 Å². The molecular formula is C22H45O11P. The van der Waals surface area contributed by atoms with E-state index in [4.69, 9.17) is 37.9 Å². The van der Waals surface area contributed by atoms with Crippen molar-refractivity contribution in [3.05, 3.63) is 0 Å². The van der Waals surface area contributed by atoms with Gasteiger partial charge in [-0.2, -0.15) is 0 Å². The van der Waals surface area contributed by atoms with E-state index < -0.39 is 7.37 Å². The first-order valence-electron chi connectivity index (χ1n) is 12.0. The van der Waals surface area contributed by atoms with Crippen molar-refractivity contribution >= 4 is 13.3 Å². The van der Waals surface area contributed by atoms with Crippen LogP contribution in [0.1, 0.15) is 26.7 Å². The van der Waals surface area contributed by atoms with Gasteiger partial charge in [-0.3, -0.25) is 9.36 Å². The Labute approximate surface area is 204 Å². The molecule has 0 aromatic rings. The Morgan fingerprint density at radius 3 is 1.47 bits per heavy atom. The number of carbonyl (C=O) groups excluding carboxylic acids is 1. The first-order valence-corrected chi connectivity index (χ1v) is 14.1. The van der Waals surface area contributed by atoms with Crippen LogP contribution in [0, 0.1) is 0 Å². The number of esters is 1. The standard InChI is InChI=1S/C22H45O11P/c1-3-26-7-5-8-27-10-12-29-14-16-31-18-20-34(24,25)21-19-32-17-15-30-13-11-28-9-6-22(23)33-4-2/h3-21H2,1-2H3,(H,24,25). The van der Waals surface area contributed by atoms with Crippen LogP contribution in [0.4, 0.5) is 0 Å². The quantitative estimate of drug-likeness (QED) is 0.0974. The lowest BCUT2D eigenvalue weighted by atomic mass is 10.5. The highest BCUT2D eigenvalue weighted by molar-refractivity contribution is 7.58. The Balaban J connectivity index is 3.34. The average molecular weight is 517 g/mol. The lowest BCUT2D eigenvalue weighted by Crippen LogP contribution is -2.14. The van der Waals surface area contributed by atoms with E-state index in [1.807, 2.05) is 6.92 Å². The van der Waals surface area contributed by atoms with Gasteiger partial charge in [0.1, 0.15) is 0 Å². The molecule has 0 heterocycles. The Kier molecular flexibility index (Phi) is 25.0. The van der Waals surface area contributed by atoms with Crippen molar-refractivity contribution in [2.45, 2.75) is 26.7 Å². The molecule has 0 aromatic heterocycles. The molecule has 0 aliphatic heterocycles. The van der Waals surface area contributed by atoms with Gasteiger partial charge in [0.2, 0.25) is 7.37 Å². The van der Waals surface area contributed by atoms with Gasteiger partial charge in [0.25, 0.3) is 0 Å². The summed E-state index contributed by atoms with van der Waals surface area (Å²) < 4.78 is 54.2. The van der Waals surface area contributed by atoms with Crippen LogP contribution in [0.25, 0.3) is 0 Å². The topological polar surface area (TPSA) is 128 Å². The van der Waals surface area contributed by atoms with E-state index >= 15 is 0 Å². The average Bonchev–Trinajstić information content (AvgIpc) is 2.80. The van der Waals surface area contributed by atoms with Crippen molar-refractivity contribution in [2.75, 3.05) is 111 Å². The number of carbonyl (C=O) groups is 1. The predicted octanol–water partition coefficient (Wildman–Crippen LogP) is 1.74. The van der Waals surface area contributed by atoms with Gasteiger partial charge in [-0.25, -0.2) is 0 Å². The Morgan fingerprint density at radius 2 is 1.00 bits per heavy atom. The molecule has 0 rings (SSSR count). The third kappa shape index (κ3) is 26.0. The highest BCUT2D eigenvalue weighted by Gasteiger charge is 2.17. The predicted molar refractivity (Wildman–Crippen MR) is 127 cm³/mol. The SMILES string of the molecule is CCOCCCOCCOCCOCCP(=O)(O)CCOCCOCCOCCC(=O)OCC. The molecule has 0 bridgehead atoms. The summed E-state index contributed by atoms with van der Waals surface area (Å²) in [5, 5.41) is 0. The molecule has 0 saturated heterocycles. The van der Waals surface area contributed by atoms with Crippen molar-refractivity contribution in [1.82, 2.24) is 0 Å². The number of rotatable bonds is 27. The summed E-state index contributed by atoms with van der Waals surface area (Å²) in [4.78, 5) is 21.1. The summed E-state index contributed by atoms with van der Waals surface area (Å²) >= 11 is 0. The van der Waals surface area contributed by atoms with E-state index in [0.29, 0.717) is 79.3 Å². The van der Waals surface area contributed by atoms with Crippen molar-refractivity contribution < 1.29 is 52.1 Å². The first-order chi connectivity index (χ1) is 16.5. The normalized spacial score (nSPS) is 13.1. The molecule has 0 fully saturated rings. The summed E-state index contributed by atoms with van der Waals surface area (Å²) in [6, 6.07) is 0. The summed E-state index contributed by atoms with van der Waals surface area (Å²) in [5.74, 6) is -0.278. The maximum Gasteiger partial charge on any atom is 0.308 e. The van der Waals surface area contributed by atoms with E-state index in [1.165, 1.54) is 0 Å². The highest BCUT2D eigenvalue weighted by Crippen LogP contribution is 2.39. The van der Waals surface area contributed by atoms with Gasteiger partial charge in [-0.15, -0.1) is 0 Å². The maximum absolute atomic E-state index is 12.1. The van der Waals surface area contributed by atoms with Crippen LogP contribution in [0.5, 0.6) is 0 Å². The van der Waals surface area contributed by atoms with E-state index in [2.05, 4.69) is 0 Å². The zero-order valence-electron chi connectivity index (χ0n) is 20.9. The van der Waals surface area contributed by atoms with Gasteiger partial charge in [-0.1, -0.05) is 0 Å². The molecular weight excluding hydrogens is 471 g/mol. The third-order valence-electron chi connectivity index (χ3n) is 4.20. The minimum Gasteiger partial charge on any atom is -0.466 e. The minimum atomic E-state index is -3.28. The van der Waals surface area contributed by atoms with Crippen LogP contribution in [0.15, 0.2) is 0 Å². The van der Waals surface area contributed by atoms with E-state index in [0.717, 1.165) is 13.0 Å². The molecule has 0 aliphatic carbocycles. The smallest absolute Gasteiger partial charge is 0.308 e. The second-order valence-corrected chi connectivity index (χ2v) is 9.66. The summed E-state index contributed by atoms with van der Waals surface area (Å²) in [6.07, 6.45) is 1.25. The molecule has 1 unspecified atom stereocenters. The highest BCUT2D eigenvalue weighted by atomic mass is 31.2. The summed E-state index contributed by atoms with van der Waals surface area (Å²) in [5.41, 5.74) is 0. The van der Waals surface area contributed by atoms with E-state index in [1.54, 1.807) is 6.92 Å². The Morgan fingerprint density at radius 1 is 0.588 bits per heavy atom. The molecule has 1 atom stereocenters. The molecule has 0 aromatic carbocycles. The molecule has 0 saturated carbocycles. The molecule has 34 heavy (non-hydrogen) atoms. The zero-order chi connectivity index (χ0) is 25.2. The van der Waals surface area contributed by atoms with Crippen LogP contribution in [0.2, 0.25) is 0 Å². The molecule has 12 heteroatoms. The molecule has 11 nitrogen and oxygen atoms in total. The molecule has 0 spiro atoms. The largest absolute Gasteiger partial charge is 0.466 e. The van der Waals surface area contributed by atoms with Crippen molar-refractivity contribution in [2.24, 2.45) is 0 Å². The fourth-order valence-corrected chi connectivity index (χ4v) is 3.46. The van der Waals surface area contributed by atoms with Gasteiger partial charge in [-0.05, 0) is 20.3 Å². The van der Waals surface area contributed by atoms with Crippen LogP contribution in [-0.2, 0) is 47.3 Å². The number of ether oxygens (including phenoxy) is 8. The van der Waals surface area contributed by atoms with Crippen LogP contribution in [0.3, 0.4) is 0 Å².